The van der Waals surface area contributed by atoms with Gasteiger partial charge in [0.05, 0.1) is 5.56 Å². The van der Waals surface area contributed by atoms with E-state index in [1.807, 2.05) is 0 Å². The minimum absolute atomic E-state index is 0.156. The molecule has 1 aromatic carbocycles. The van der Waals surface area contributed by atoms with Crippen LogP contribution in [0.15, 0.2) is 41.0 Å². The van der Waals surface area contributed by atoms with E-state index >= 15 is 0 Å². The Kier molecular flexibility index (Phi) is 5.04. The predicted octanol–water partition coefficient (Wildman–Crippen LogP) is 2.80. The Hall–Kier alpha value is -2.36. The number of nitrogens with zero attached hydrogens (tertiary/aromatic N) is 1. The average molecular weight is 374 g/mol. The third-order valence-electron chi connectivity index (χ3n) is 2.76. The molecule has 0 bridgehead atoms. The number of aromatic nitrogens is 1. The lowest BCUT2D eigenvalue weighted by atomic mass is 10.1. The molecule has 0 saturated heterocycles. The fourth-order valence-electron chi connectivity index (χ4n) is 1.73. The molecule has 0 atom stereocenters. The van der Waals surface area contributed by atoms with Crippen molar-refractivity contribution in [3.8, 4) is 11.8 Å². The molecular weight excluding hydrogens is 358 g/mol. The molecule has 0 unspecified atom stereocenters. The smallest absolute Gasteiger partial charge is 0.259 e. The van der Waals surface area contributed by atoms with Gasteiger partial charge in [-0.05, 0) is 54.0 Å². The van der Waals surface area contributed by atoms with Gasteiger partial charge >= 0.3 is 0 Å². The van der Waals surface area contributed by atoms with Crippen molar-refractivity contribution in [1.82, 2.24) is 4.98 Å². The topological polar surface area (TPSA) is 88.2 Å². The maximum Gasteiger partial charge on any atom is 0.259 e. The number of carbonyl (C=O) groups is 1. The van der Waals surface area contributed by atoms with E-state index in [1.54, 1.807) is 44.2 Å². The van der Waals surface area contributed by atoms with Gasteiger partial charge < -0.3 is 16.2 Å². The van der Waals surface area contributed by atoms with Crippen molar-refractivity contribution in [2.45, 2.75) is 19.4 Å². The minimum atomic E-state index is -1.07. The molecule has 0 fully saturated rings. The van der Waals surface area contributed by atoms with Crippen LogP contribution in [0.2, 0.25) is 0 Å². The van der Waals surface area contributed by atoms with Crippen molar-refractivity contribution in [2.24, 2.45) is 0 Å². The summed E-state index contributed by atoms with van der Waals surface area (Å²) in [4.78, 5) is 16.2. The highest BCUT2D eigenvalue weighted by molar-refractivity contribution is 9.10. The van der Waals surface area contributed by atoms with Crippen molar-refractivity contribution in [1.29, 1.82) is 0 Å². The van der Waals surface area contributed by atoms with Crippen LogP contribution in [-0.4, -0.2) is 21.6 Å². The van der Waals surface area contributed by atoms with Gasteiger partial charge in [-0.1, -0.05) is 17.9 Å². The fraction of sp³-hybridized carbons (Fsp3) is 0.176. The monoisotopic (exact) mass is 373 g/mol. The normalized spacial score (nSPS) is 10.6. The first-order valence-electron chi connectivity index (χ1n) is 6.82. The molecule has 0 radical (unpaired) electrons. The number of nitrogen functional groups attached to an aromatic ring is 1. The number of aliphatic hydroxyl groups is 1. The van der Waals surface area contributed by atoms with Gasteiger partial charge in [0.25, 0.3) is 5.91 Å². The van der Waals surface area contributed by atoms with Crippen molar-refractivity contribution >= 4 is 33.3 Å². The number of hydrogen-bond donors (Lipinski definition) is 3. The molecule has 2 rings (SSSR count). The first-order valence-corrected chi connectivity index (χ1v) is 7.62. The quantitative estimate of drug-likeness (QED) is 0.706. The Morgan fingerprint density at radius 3 is 2.83 bits per heavy atom. The van der Waals surface area contributed by atoms with Crippen LogP contribution in [0.3, 0.4) is 0 Å². The van der Waals surface area contributed by atoms with Crippen LogP contribution < -0.4 is 11.1 Å². The molecule has 1 amide bonds. The van der Waals surface area contributed by atoms with Gasteiger partial charge in [0.1, 0.15) is 11.4 Å². The number of anilines is 2. The second kappa shape index (κ2) is 6.82. The number of halogens is 1. The van der Waals surface area contributed by atoms with E-state index in [4.69, 9.17) is 5.73 Å². The Morgan fingerprint density at radius 2 is 2.13 bits per heavy atom. The van der Waals surface area contributed by atoms with E-state index < -0.39 is 5.60 Å². The standard InChI is InChI=1S/C17H16BrN3O2/c1-17(2,23)7-6-11-4-3-5-13(8-11)21-16(22)14-9-12(18)10-20-15(14)19/h3-5,8-10,23H,1-2H3,(H2,19,20)(H,21,22). The molecule has 0 aliphatic heterocycles. The number of hydrogen-bond acceptors (Lipinski definition) is 4. The number of benzene rings is 1. The van der Waals surface area contributed by atoms with E-state index in [0.29, 0.717) is 15.7 Å². The number of nitrogens with two attached hydrogens (primary N) is 1. The zero-order chi connectivity index (χ0) is 17.0. The molecule has 23 heavy (non-hydrogen) atoms. The number of rotatable bonds is 2. The summed E-state index contributed by atoms with van der Waals surface area (Å²) < 4.78 is 0.668. The highest BCUT2D eigenvalue weighted by Crippen LogP contribution is 2.18. The van der Waals surface area contributed by atoms with Gasteiger partial charge in [-0.2, -0.15) is 0 Å². The first kappa shape index (κ1) is 17.0. The third kappa shape index (κ3) is 5.09. The maximum atomic E-state index is 12.3. The summed E-state index contributed by atoms with van der Waals surface area (Å²) in [6.07, 6.45) is 1.53. The van der Waals surface area contributed by atoms with Crippen molar-refractivity contribution in [2.75, 3.05) is 11.1 Å². The lowest BCUT2D eigenvalue weighted by Gasteiger charge is -2.08. The number of carbonyl (C=O) groups excluding carboxylic acids is 1. The van der Waals surface area contributed by atoms with E-state index in [0.717, 1.165) is 0 Å². The summed E-state index contributed by atoms with van der Waals surface area (Å²) in [5.41, 5.74) is 6.20. The molecule has 4 N–H and O–H groups in total. The Balaban J connectivity index is 2.21. The van der Waals surface area contributed by atoms with Crippen LogP contribution in [0, 0.1) is 11.8 Å². The largest absolute Gasteiger partial charge is 0.383 e. The van der Waals surface area contributed by atoms with Crippen LogP contribution in [0.1, 0.15) is 29.8 Å². The summed E-state index contributed by atoms with van der Waals surface area (Å²) in [6.45, 7) is 3.21. The zero-order valence-corrected chi connectivity index (χ0v) is 14.3. The van der Waals surface area contributed by atoms with Gasteiger partial charge in [-0.15, -0.1) is 0 Å². The second-order valence-electron chi connectivity index (χ2n) is 5.43. The third-order valence-corrected chi connectivity index (χ3v) is 3.20. The molecule has 1 aromatic heterocycles. The van der Waals surface area contributed by atoms with Crippen LogP contribution in [0.5, 0.6) is 0 Å². The van der Waals surface area contributed by atoms with Crippen LogP contribution in [0.4, 0.5) is 11.5 Å². The highest BCUT2D eigenvalue weighted by Gasteiger charge is 2.12. The summed E-state index contributed by atoms with van der Waals surface area (Å²) in [6, 6.07) is 8.64. The van der Waals surface area contributed by atoms with E-state index in [-0.39, 0.29) is 17.3 Å². The van der Waals surface area contributed by atoms with E-state index in [9.17, 15) is 9.90 Å². The Bertz CT molecular complexity index is 801. The molecule has 6 heteroatoms. The molecule has 0 aliphatic carbocycles. The summed E-state index contributed by atoms with van der Waals surface area (Å²) in [5, 5.41) is 12.4. The fourth-order valence-corrected chi connectivity index (χ4v) is 2.06. The first-order chi connectivity index (χ1) is 10.7. The molecule has 0 saturated carbocycles. The summed E-state index contributed by atoms with van der Waals surface area (Å²) >= 11 is 3.26. The maximum absolute atomic E-state index is 12.3. The van der Waals surface area contributed by atoms with Gasteiger partial charge in [0.15, 0.2) is 0 Å². The SMILES string of the molecule is CC(C)(O)C#Cc1cccc(NC(=O)c2cc(Br)cnc2N)c1. The lowest BCUT2D eigenvalue weighted by molar-refractivity contribution is 0.102. The molecule has 5 nitrogen and oxygen atoms in total. The van der Waals surface area contributed by atoms with Gasteiger partial charge in [0.2, 0.25) is 0 Å². The number of amides is 1. The van der Waals surface area contributed by atoms with Gasteiger partial charge in [-0.3, -0.25) is 4.79 Å². The van der Waals surface area contributed by atoms with Crippen LogP contribution in [-0.2, 0) is 0 Å². The average Bonchev–Trinajstić information content (AvgIpc) is 2.47. The molecular formula is C17H16BrN3O2. The van der Waals surface area contributed by atoms with E-state index in [2.05, 4.69) is 38.1 Å². The Morgan fingerprint density at radius 1 is 1.39 bits per heavy atom. The number of nitrogens with one attached hydrogen (secondary N) is 1. The predicted molar refractivity (Wildman–Crippen MR) is 93.9 cm³/mol. The zero-order valence-electron chi connectivity index (χ0n) is 12.7. The molecule has 1 heterocycles. The second-order valence-corrected chi connectivity index (χ2v) is 6.35. The summed E-state index contributed by atoms with van der Waals surface area (Å²) in [7, 11) is 0. The molecule has 0 spiro atoms. The lowest BCUT2D eigenvalue weighted by Crippen LogP contribution is -2.15. The Labute approximate surface area is 143 Å². The van der Waals surface area contributed by atoms with Crippen molar-refractivity contribution < 1.29 is 9.90 Å². The highest BCUT2D eigenvalue weighted by atomic mass is 79.9. The summed E-state index contributed by atoms with van der Waals surface area (Å²) in [5.74, 6) is 5.38. The van der Waals surface area contributed by atoms with Crippen molar-refractivity contribution in [3.05, 3.63) is 52.1 Å². The number of pyridine rings is 1. The van der Waals surface area contributed by atoms with Gasteiger partial charge in [-0.25, -0.2) is 4.98 Å². The van der Waals surface area contributed by atoms with Crippen molar-refractivity contribution in [3.63, 3.8) is 0 Å². The molecule has 0 aliphatic rings. The molecule has 118 valence electrons. The van der Waals surface area contributed by atoms with Gasteiger partial charge in [0, 0.05) is 21.9 Å². The minimum Gasteiger partial charge on any atom is -0.383 e. The van der Waals surface area contributed by atoms with E-state index in [1.165, 1.54) is 6.20 Å². The van der Waals surface area contributed by atoms with Crippen LogP contribution >= 0.6 is 15.9 Å². The molecule has 2 aromatic rings. The van der Waals surface area contributed by atoms with Crippen LogP contribution in [0.25, 0.3) is 0 Å².